The molecule has 0 heterocycles. The molecular weight excluding hydrogens is 462 g/mol. The van der Waals surface area contributed by atoms with Gasteiger partial charge in [-0.15, -0.1) is 0 Å². The lowest BCUT2D eigenvalue weighted by atomic mass is 9.88. The van der Waals surface area contributed by atoms with Crippen molar-refractivity contribution >= 4 is 5.97 Å². The lowest BCUT2D eigenvalue weighted by molar-refractivity contribution is -0.139. The van der Waals surface area contributed by atoms with Gasteiger partial charge in [0.2, 0.25) is 0 Å². The van der Waals surface area contributed by atoms with Gasteiger partial charge in [0.15, 0.2) is 17.5 Å². The van der Waals surface area contributed by atoms with Gasteiger partial charge in [-0.2, -0.15) is 13.2 Å². The summed E-state index contributed by atoms with van der Waals surface area (Å²) < 4.78 is 84.8. The Labute approximate surface area is 191 Å². The average molecular weight is 482 g/mol. The molecule has 0 saturated carbocycles. The highest BCUT2D eigenvalue weighted by atomic mass is 19.4. The molecule has 3 aromatic rings. The van der Waals surface area contributed by atoms with Gasteiger partial charge in [-0.1, -0.05) is 32.0 Å². The summed E-state index contributed by atoms with van der Waals surface area (Å²) in [4.78, 5) is 11.9. The second kappa shape index (κ2) is 9.79. The van der Waals surface area contributed by atoms with Crippen LogP contribution in [0.2, 0.25) is 0 Å². The molecule has 34 heavy (non-hydrogen) atoms. The van der Waals surface area contributed by atoms with E-state index in [1.807, 2.05) is 13.8 Å². The normalized spacial score (nSPS) is 12.6. The number of carboxylic acids is 1. The summed E-state index contributed by atoms with van der Waals surface area (Å²) in [6.45, 7) is 3.66. The average Bonchev–Trinajstić information content (AvgIpc) is 2.74. The number of hydrogen-bond acceptors (Lipinski definition) is 2. The molecule has 0 spiro atoms. The number of alkyl halides is 3. The molecule has 0 aliphatic carbocycles. The monoisotopic (exact) mass is 482 g/mol. The molecule has 0 bridgehead atoms. The van der Waals surface area contributed by atoms with Gasteiger partial charge in [-0.3, -0.25) is 4.79 Å². The van der Waals surface area contributed by atoms with E-state index >= 15 is 0 Å². The molecule has 0 aromatic heterocycles. The van der Waals surface area contributed by atoms with Crippen molar-refractivity contribution in [3.05, 3.63) is 83.2 Å². The third-order valence-electron chi connectivity index (χ3n) is 5.08. The summed E-state index contributed by atoms with van der Waals surface area (Å²) >= 11 is 0. The molecule has 0 fully saturated rings. The maximum Gasteiger partial charge on any atom is 0.416 e. The summed E-state index contributed by atoms with van der Waals surface area (Å²) in [5.41, 5.74) is 0.102. The van der Waals surface area contributed by atoms with Crippen LogP contribution >= 0.6 is 0 Å². The zero-order chi connectivity index (χ0) is 25.2. The Kier molecular flexibility index (Phi) is 7.24. The van der Waals surface area contributed by atoms with Crippen LogP contribution in [0.25, 0.3) is 11.1 Å². The minimum Gasteiger partial charge on any atom is -0.481 e. The molecule has 0 amide bonds. The molecule has 0 aliphatic heterocycles. The van der Waals surface area contributed by atoms with Gasteiger partial charge in [-0.05, 0) is 53.3 Å². The van der Waals surface area contributed by atoms with E-state index in [0.717, 1.165) is 12.1 Å². The molecule has 0 aliphatic rings. The SMILES string of the molecule is CC(C)CC(C(=O)O)c1cc(Oc2cc(F)c(F)c(F)c2)cc(-c2ccc(C(F)(F)F)cc2)c1. The molecule has 3 aromatic carbocycles. The van der Waals surface area contributed by atoms with Crippen molar-refractivity contribution < 1.29 is 41.0 Å². The molecule has 1 atom stereocenters. The number of ether oxygens (including phenoxy) is 1. The summed E-state index contributed by atoms with van der Waals surface area (Å²) in [6, 6.07) is 9.75. The fraction of sp³-hybridized carbons (Fsp3) is 0.240. The van der Waals surface area contributed by atoms with E-state index in [9.17, 15) is 36.2 Å². The number of carboxylic acid groups (broad SMARTS) is 1. The van der Waals surface area contributed by atoms with Crippen molar-refractivity contribution in [2.75, 3.05) is 0 Å². The van der Waals surface area contributed by atoms with Crippen molar-refractivity contribution in [3.63, 3.8) is 0 Å². The highest BCUT2D eigenvalue weighted by molar-refractivity contribution is 5.78. The Balaban J connectivity index is 2.10. The van der Waals surface area contributed by atoms with Crippen LogP contribution in [0.5, 0.6) is 11.5 Å². The highest BCUT2D eigenvalue weighted by Crippen LogP contribution is 2.36. The predicted molar refractivity (Wildman–Crippen MR) is 113 cm³/mol. The first kappa shape index (κ1) is 25.1. The van der Waals surface area contributed by atoms with E-state index in [0.29, 0.717) is 23.3 Å². The number of carbonyl (C=O) groups is 1. The first-order chi connectivity index (χ1) is 15.8. The van der Waals surface area contributed by atoms with Gasteiger partial charge < -0.3 is 9.84 Å². The molecule has 0 radical (unpaired) electrons. The van der Waals surface area contributed by atoms with Crippen LogP contribution in [0, 0.1) is 23.4 Å². The summed E-state index contributed by atoms with van der Waals surface area (Å²) in [5, 5.41) is 9.74. The molecule has 1 unspecified atom stereocenters. The first-order valence-corrected chi connectivity index (χ1v) is 10.2. The van der Waals surface area contributed by atoms with Crippen molar-refractivity contribution in [3.8, 4) is 22.6 Å². The van der Waals surface area contributed by atoms with Crippen molar-refractivity contribution in [2.45, 2.75) is 32.4 Å². The van der Waals surface area contributed by atoms with E-state index in [4.69, 9.17) is 4.74 Å². The topological polar surface area (TPSA) is 46.5 Å². The first-order valence-electron chi connectivity index (χ1n) is 10.2. The second-order valence-electron chi connectivity index (χ2n) is 8.19. The zero-order valence-electron chi connectivity index (χ0n) is 18.1. The third kappa shape index (κ3) is 5.89. The fourth-order valence-corrected chi connectivity index (χ4v) is 3.48. The van der Waals surface area contributed by atoms with Gasteiger partial charge in [0, 0.05) is 12.1 Å². The minimum absolute atomic E-state index is 0.000448. The fourth-order valence-electron chi connectivity index (χ4n) is 3.48. The lowest BCUT2D eigenvalue weighted by Crippen LogP contribution is -2.14. The maximum absolute atomic E-state index is 13.6. The summed E-state index contributed by atoms with van der Waals surface area (Å²) in [7, 11) is 0. The molecule has 180 valence electrons. The number of aliphatic carboxylic acids is 1. The van der Waals surface area contributed by atoms with E-state index in [-0.39, 0.29) is 29.4 Å². The quantitative estimate of drug-likeness (QED) is 0.276. The Morgan fingerprint density at radius 2 is 1.44 bits per heavy atom. The van der Waals surface area contributed by atoms with Crippen LogP contribution in [-0.2, 0) is 11.0 Å². The van der Waals surface area contributed by atoms with Gasteiger partial charge in [0.1, 0.15) is 11.5 Å². The summed E-state index contributed by atoms with van der Waals surface area (Å²) in [5.74, 6) is -7.11. The smallest absolute Gasteiger partial charge is 0.416 e. The van der Waals surface area contributed by atoms with E-state index in [1.165, 1.54) is 30.3 Å². The van der Waals surface area contributed by atoms with Crippen molar-refractivity contribution in [2.24, 2.45) is 5.92 Å². The zero-order valence-corrected chi connectivity index (χ0v) is 18.1. The second-order valence-corrected chi connectivity index (χ2v) is 8.19. The maximum atomic E-state index is 13.6. The van der Waals surface area contributed by atoms with E-state index in [1.54, 1.807) is 0 Å². The van der Waals surface area contributed by atoms with E-state index in [2.05, 4.69) is 0 Å². The number of halogens is 6. The molecule has 3 nitrogen and oxygen atoms in total. The Morgan fingerprint density at radius 3 is 1.94 bits per heavy atom. The highest BCUT2D eigenvalue weighted by Gasteiger charge is 2.30. The number of hydrogen-bond donors (Lipinski definition) is 1. The van der Waals surface area contributed by atoms with Crippen LogP contribution in [0.15, 0.2) is 54.6 Å². The van der Waals surface area contributed by atoms with Gasteiger partial charge >= 0.3 is 12.1 Å². The summed E-state index contributed by atoms with van der Waals surface area (Å²) in [6.07, 6.45) is -4.28. The standard InChI is InChI=1S/C25H20F6O3/c1-13(2)7-20(24(32)33)16-8-15(14-3-5-17(6-4-14)25(29,30)31)9-18(10-16)34-19-11-21(26)23(28)22(27)12-19/h3-6,8-13,20H,7H2,1-2H3,(H,32,33). The van der Waals surface area contributed by atoms with Gasteiger partial charge in [0.25, 0.3) is 0 Å². The minimum atomic E-state index is -4.53. The predicted octanol–water partition coefficient (Wildman–Crippen LogP) is 7.80. The van der Waals surface area contributed by atoms with Crippen molar-refractivity contribution in [1.82, 2.24) is 0 Å². The molecule has 9 heteroatoms. The van der Waals surface area contributed by atoms with Gasteiger partial charge in [-0.25, -0.2) is 13.2 Å². The largest absolute Gasteiger partial charge is 0.481 e. The van der Waals surface area contributed by atoms with E-state index < -0.39 is 41.1 Å². The van der Waals surface area contributed by atoms with Crippen LogP contribution in [0.4, 0.5) is 26.3 Å². The van der Waals surface area contributed by atoms with Crippen LogP contribution in [0.3, 0.4) is 0 Å². The Morgan fingerprint density at radius 1 is 0.882 bits per heavy atom. The van der Waals surface area contributed by atoms with Crippen LogP contribution in [0.1, 0.15) is 37.3 Å². The molecule has 0 saturated heterocycles. The lowest BCUT2D eigenvalue weighted by Gasteiger charge is -2.18. The molecule has 3 rings (SSSR count). The van der Waals surface area contributed by atoms with Crippen molar-refractivity contribution in [1.29, 1.82) is 0 Å². The van der Waals surface area contributed by atoms with Gasteiger partial charge in [0.05, 0.1) is 11.5 Å². The molecule has 1 N–H and O–H groups in total. The van der Waals surface area contributed by atoms with Crippen LogP contribution in [-0.4, -0.2) is 11.1 Å². The van der Waals surface area contributed by atoms with Crippen LogP contribution < -0.4 is 4.74 Å². The number of rotatable bonds is 7. The number of benzene rings is 3. The Bertz CT molecular complexity index is 1160. The third-order valence-corrected chi connectivity index (χ3v) is 5.08. The molecular formula is C25H20F6O3. The Hall–Kier alpha value is -3.49.